The summed E-state index contributed by atoms with van der Waals surface area (Å²) in [5.41, 5.74) is -0.745. The molecule has 2 amide bonds. The molecule has 0 radical (unpaired) electrons. The third kappa shape index (κ3) is 7.12. The molecule has 1 aromatic heterocycles. The average molecular weight is 526 g/mol. The molecule has 2 aliphatic rings. The van der Waals surface area contributed by atoms with E-state index in [4.69, 9.17) is 4.74 Å². The van der Waals surface area contributed by atoms with Crippen molar-refractivity contribution in [1.29, 1.82) is 0 Å². The molecule has 4 rings (SSSR count). The summed E-state index contributed by atoms with van der Waals surface area (Å²) in [6.07, 6.45) is 2.23. The number of aliphatic hydroxyl groups is 1. The lowest BCUT2D eigenvalue weighted by Crippen LogP contribution is -2.60. The summed E-state index contributed by atoms with van der Waals surface area (Å²) in [6, 6.07) is 11.4. The molecule has 0 spiro atoms. The number of hydrogen-bond acceptors (Lipinski definition) is 7. The van der Waals surface area contributed by atoms with Gasteiger partial charge >= 0.3 is 6.09 Å². The molecule has 0 unspecified atom stereocenters. The van der Waals surface area contributed by atoms with E-state index in [0.29, 0.717) is 51.3 Å². The summed E-state index contributed by atoms with van der Waals surface area (Å²) in [7, 11) is 0. The smallest absolute Gasteiger partial charge is 0.407 e. The fourth-order valence-corrected chi connectivity index (χ4v) is 4.88. The van der Waals surface area contributed by atoms with Crippen molar-refractivity contribution in [2.45, 2.75) is 76.7 Å². The van der Waals surface area contributed by atoms with E-state index in [9.17, 15) is 19.5 Å². The number of alkyl carbamates (subject to hydrolysis) is 1. The van der Waals surface area contributed by atoms with E-state index in [1.165, 1.54) is 17.0 Å². The first-order chi connectivity index (χ1) is 17.9. The lowest BCUT2D eigenvalue weighted by atomic mass is 9.90. The number of ether oxygens (including phenoxy) is 1. The molecule has 2 fully saturated rings. The van der Waals surface area contributed by atoms with E-state index in [-0.39, 0.29) is 30.0 Å². The molecule has 1 atom stereocenters. The Bertz CT molecular complexity index is 1180. The minimum Gasteiger partial charge on any atom is -0.444 e. The second-order valence-corrected chi connectivity index (χ2v) is 11.6. The van der Waals surface area contributed by atoms with Gasteiger partial charge in [-0.15, -0.1) is 0 Å². The highest BCUT2D eigenvalue weighted by molar-refractivity contribution is 5.77. The van der Waals surface area contributed by atoms with Gasteiger partial charge in [0.1, 0.15) is 11.4 Å². The minimum absolute atomic E-state index is 0.0710. The molecule has 2 N–H and O–H groups in total. The van der Waals surface area contributed by atoms with Gasteiger partial charge in [-0.05, 0) is 45.1 Å². The van der Waals surface area contributed by atoms with Crippen LogP contribution in [0, 0.1) is 0 Å². The van der Waals surface area contributed by atoms with Crippen LogP contribution in [0.4, 0.5) is 10.6 Å². The van der Waals surface area contributed by atoms with Gasteiger partial charge in [0.25, 0.3) is 5.56 Å². The number of rotatable bonds is 7. The Balaban J connectivity index is 1.25. The fraction of sp³-hybridized carbons (Fsp3) is 0.571. The van der Waals surface area contributed by atoms with Gasteiger partial charge in [0.05, 0.1) is 24.5 Å². The van der Waals surface area contributed by atoms with Crippen LogP contribution >= 0.6 is 0 Å². The molecule has 0 bridgehead atoms. The third-order valence-electron chi connectivity index (χ3n) is 7.15. The molecule has 0 saturated carbocycles. The van der Waals surface area contributed by atoms with Crippen molar-refractivity contribution in [2.24, 2.45) is 0 Å². The summed E-state index contributed by atoms with van der Waals surface area (Å²) >= 11 is 0. The molecular weight excluding hydrogens is 486 g/mol. The third-order valence-corrected chi connectivity index (χ3v) is 7.15. The lowest BCUT2D eigenvalue weighted by molar-refractivity contribution is -0.136. The lowest BCUT2D eigenvalue weighted by Gasteiger charge is -2.40. The topological polar surface area (TPSA) is 117 Å². The highest BCUT2D eigenvalue weighted by Crippen LogP contribution is 2.26. The number of carbonyl (C=O) groups excluding carboxylic acids is 2. The molecular formula is C28H39N5O5. The normalized spacial score (nSPS) is 18.4. The number of nitrogens with one attached hydrogen (secondary N) is 1. The van der Waals surface area contributed by atoms with Gasteiger partial charge in [-0.25, -0.2) is 9.78 Å². The Labute approximate surface area is 223 Å². The average Bonchev–Trinajstić information content (AvgIpc) is 2.82. The van der Waals surface area contributed by atoms with Crippen LogP contribution in [0.2, 0.25) is 0 Å². The number of piperidine rings is 1. The summed E-state index contributed by atoms with van der Waals surface area (Å²) in [5, 5.41) is 14.0. The highest BCUT2D eigenvalue weighted by atomic mass is 16.6. The van der Waals surface area contributed by atoms with Crippen molar-refractivity contribution in [2.75, 3.05) is 31.1 Å². The second-order valence-electron chi connectivity index (χ2n) is 11.6. The molecule has 0 aliphatic carbocycles. The number of aromatic nitrogens is 2. The molecule has 2 aromatic rings. The first-order valence-corrected chi connectivity index (χ1v) is 13.3. The molecule has 3 heterocycles. The maximum absolute atomic E-state index is 12.8. The van der Waals surface area contributed by atoms with E-state index >= 15 is 0 Å². The van der Waals surface area contributed by atoms with Crippen molar-refractivity contribution < 1.29 is 19.4 Å². The summed E-state index contributed by atoms with van der Waals surface area (Å²) in [4.78, 5) is 45.6. The SMILES string of the molecule is C[C@H](CC(=O)N1CCC(O)(Cn2cnc(N3CC(NC(=O)OC(C)(C)C)C3)cc2=O)CC1)c1ccccc1. The van der Waals surface area contributed by atoms with Gasteiger partial charge in [0.15, 0.2) is 0 Å². The zero-order valence-electron chi connectivity index (χ0n) is 22.7. The van der Waals surface area contributed by atoms with Gasteiger partial charge in [0, 0.05) is 38.7 Å². The monoisotopic (exact) mass is 525 g/mol. The van der Waals surface area contributed by atoms with Crippen LogP contribution in [0.1, 0.15) is 58.4 Å². The van der Waals surface area contributed by atoms with E-state index in [1.54, 1.807) is 0 Å². The largest absolute Gasteiger partial charge is 0.444 e. The van der Waals surface area contributed by atoms with Crippen molar-refractivity contribution in [3.63, 3.8) is 0 Å². The quantitative estimate of drug-likeness (QED) is 0.570. The molecule has 10 nitrogen and oxygen atoms in total. The Morgan fingerprint density at radius 3 is 2.45 bits per heavy atom. The van der Waals surface area contributed by atoms with Gasteiger partial charge < -0.3 is 25.0 Å². The van der Waals surface area contributed by atoms with E-state index in [0.717, 1.165) is 5.56 Å². The van der Waals surface area contributed by atoms with Crippen LogP contribution in [0.15, 0.2) is 47.5 Å². The molecule has 10 heteroatoms. The Kier molecular flexibility index (Phi) is 8.10. The molecule has 38 heavy (non-hydrogen) atoms. The number of amides is 2. The molecule has 206 valence electrons. The predicted molar refractivity (Wildman–Crippen MR) is 144 cm³/mol. The van der Waals surface area contributed by atoms with Crippen LogP contribution in [0.25, 0.3) is 0 Å². The number of carbonyl (C=O) groups is 2. The molecule has 2 saturated heterocycles. The van der Waals surface area contributed by atoms with Crippen LogP contribution in [-0.4, -0.2) is 75.0 Å². The minimum atomic E-state index is -1.08. The van der Waals surface area contributed by atoms with Crippen LogP contribution < -0.4 is 15.8 Å². The molecule has 1 aromatic carbocycles. The number of anilines is 1. The fourth-order valence-electron chi connectivity index (χ4n) is 4.88. The van der Waals surface area contributed by atoms with Crippen molar-refractivity contribution in [3.05, 3.63) is 58.6 Å². The van der Waals surface area contributed by atoms with Crippen molar-refractivity contribution in [3.8, 4) is 0 Å². The summed E-state index contributed by atoms with van der Waals surface area (Å²) in [5.74, 6) is 0.747. The molecule has 2 aliphatic heterocycles. The number of benzene rings is 1. The summed E-state index contributed by atoms with van der Waals surface area (Å²) < 4.78 is 6.70. The van der Waals surface area contributed by atoms with Crippen LogP contribution in [0.5, 0.6) is 0 Å². The Morgan fingerprint density at radius 2 is 1.84 bits per heavy atom. The number of hydrogen-bond donors (Lipinski definition) is 2. The highest BCUT2D eigenvalue weighted by Gasteiger charge is 2.35. The zero-order chi connectivity index (χ0) is 27.5. The van der Waals surface area contributed by atoms with Crippen LogP contribution in [0.3, 0.4) is 0 Å². The van der Waals surface area contributed by atoms with E-state index in [2.05, 4.69) is 17.2 Å². The van der Waals surface area contributed by atoms with Crippen molar-refractivity contribution in [1.82, 2.24) is 19.8 Å². The first-order valence-electron chi connectivity index (χ1n) is 13.3. The van der Waals surface area contributed by atoms with Gasteiger partial charge in [-0.2, -0.15) is 0 Å². The summed E-state index contributed by atoms with van der Waals surface area (Å²) in [6.45, 7) is 9.59. The standard InChI is InChI=1S/C28H39N5O5/c1-20(21-8-6-5-7-9-21)14-24(34)31-12-10-28(37,11-13-31)18-33-19-29-23(15-25(33)35)32-16-22(17-32)30-26(36)38-27(2,3)4/h5-9,15,19-20,22,37H,10-14,16-18H2,1-4H3,(H,30,36)/t20-/m1/s1. The van der Waals surface area contributed by atoms with E-state index < -0.39 is 17.3 Å². The van der Waals surface area contributed by atoms with Crippen molar-refractivity contribution >= 4 is 17.8 Å². The van der Waals surface area contributed by atoms with Crippen LogP contribution in [-0.2, 0) is 16.1 Å². The van der Waals surface area contributed by atoms with E-state index in [1.807, 2.05) is 60.9 Å². The second kappa shape index (κ2) is 11.1. The Morgan fingerprint density at radius 1 is 1.18 bits per heavy atom. The number of likely N-dealkylation sites (tertiary alicyclic amines) is 1. The Hall–Kier alpha value is -3.40. The maximum Gasteiger partial charge on any atom is 0.407 e. The van der Waals surface area contributed by atoms with Gasteiger partial charge in [-0.1, -0.05) is 37.3 Å². The predicted octanol–water partition coefficient (Wildman–Crippen LogP) is 2.50. The zero-order valence-corrected chi connectivity index (χ0v) is 22.7. The first kappa shape index (κ1) is 27.6. The van der Waals surface area contributed by atoms with Gasteiger partial charge in [-0.3, -0.25) is 14.2 Å². The maximum atomic E-state index is 12.8. The van der Waals surface area contributed by atoms with Gasteiger partial charge in [0.2, 0.25) is 5.91 Å². The number of nitrogens with zero attached hydrogens (tertiary/aromatic N) is 4.